The molecule has 1 aliphatic heterocycles. The Morgan fingerprint density at radius 2 is 2.19 bits per heavy atom. The second-order valence-electron chi connectivity index (χ2n) is 5.39. The standard InChI is InChI=1S/C12H20N4/c1-10-14-4-5-16(10)7-6-15-8-12(13,9-15)11-2-3-11/h4-5,11H,2-3,6-9,13H2,1H3. The minimum Gasteiger partial charge on any atom is -0.334 e. The highest BCUT2D eigenvalue weighted by Gasteiger charge is 2.49. The molecule has 1 aromatic rings. The molecule has 16 heavy (non-hydrogen) atoms. The Labute approximate surface area is 96.4 Å². The fourth-order valence-corrected chi connectivity index (χ4v) is 2.75. The maximum absolute atomic E-state index is 6.32. The summed E-state index contributed by atoms with van der Waals surface area (Å²) < 4.78 is 2.20. The van der Waals surface area contributed by atoms with Gasteiger partial charge in [-0.1, -0.05) is 0 Å². The lowest BCUT2D eigenvalue weighted by Crippen LogP contribution is -2.68. The van der Waals surface area contributed by atoms with Crippen molar-refractivity contribution in [2.75, 3.05) is 19.6 Å². The molecule has 0 aromatic carbocycles. The molecule has 1 aromatic heterocycles. The van der Waals surface area contributed by atoms with E-state index in [1.807, 2.05) is 19.3 Å². The summed E-state index contributed by atoms with van der Waals surface area (Å²) in [6.07, 6.45) is 6.62. The van der Waals surface area contributed by atoms with Crippen molar-refractivity contribution in [2.45, 2.75) is 31.8 Å². The SMILES string of the molecule is Cc1nccn1CCN1CC(N)(C2CC2)C1. The molecule has 1 saturated heterocycles. The zero-order chi connectivity index (χ0) is 11.2. The van der Waals surface area contributed by atoms with Crippen LogP contribution in [0.2, 0.25) is 0 Å². The van der Waals surface area contributed by atoms with E-state index >= 15 is 0 Å². The van der Waals surface area contributed by atoms with Gasteiger partial charge >= 0.3 is 0 Å². The highest BCUT2D eigenvalue weighted by molar-refractivity contribution is 5.08. The quantitative estimate of drug-likeness (QED) is 0.809. The lowest BCUT2D eigenvalue weighted by atomic mass is 9.86. The topological polar surface area (TPSA) is 47.1 Å². The van der Waals surface area contributed by atoms with Gasteiger partial charge in [-0.2, -0.15) is 0 Å². The minimum absolute atomic E-state index is 0.157. The lowest BCUT2D eigenvalue weighted by Gasteiger charge is -2.48. The maximum atomic E-state index is 6.32. The molecule has 1 aliphatic carbocycles. The van der Waals surface area contributed by atoms with E-state index in [9.17, 15) is 0 Å². The fraction of sp³-hybridized carbons (Fsp3) is 0.750. The van der Waals surface area contributed by atoms with Crippen LogP contribution in [0, 0.1) is 12.8 Å². The summed E-state index contributed by atoms with van der Waals surface area (Å²) in [5.74, 6) is 1.92. The third-order valence-corrected chi connectivity index (χ3v) is 4.01. The molecule has 2 heterocycles. The van der Waals surface area contributed by atoms with Gasteiger partial charge in [0, 0.05) is 44.1 Å². The molecule has 0 spiro atoms. The van der Waals surface area contributed by atoms with Gasteiger partial charge in [0.2, 0.25) is 0 Å². The van der Waals surface area contributed by atoms with Gasteiger partial charge < -0.3 is 10.3 Å². The van der Waals surface area contributed by atoms with Gasteiger partial charge in [-0.25, -0.2) is 4.98 Å². The van der Waals surface area contributed by atoms with Gasteiger partial charge in [0.25, 0.3) is 0 Å². The van der Waals surface area contributed by atoms with Gasteiger partial charge in [-0.15, -0.1) is 0 Å². The first-order valence-corrected chi connectivity index (χ1v) is 6.16. The van der Waals surface area contributed by atoms with E-state index in [-0.39, 0.29) is 5.54 Å². The van der Waals surface area contributed by atoms with Crippen LogP contribution in [0.15, 0.2) is 12.4 Å². The molecular weight excluding hydrogens is 200 g/mol. The van der Waals surface area contributed by atoms with Gasteiger partial charge in [0.15, 0.2) is 0 Å². The monoisotopic (exact) mass is 220 g/mol. The first-order valence-electron chi connectivity index (χ1n) is 6.16. The Balaban J connectivity index is 1.46. The number of aromatic nitrogens is 2. The average Bonchev–Trinajstić information content (AvgIpc) is 2.97. The Morgan fingerprint density at radius 1 is 1.44 bits per heavy atom. The van der Waals surface area contributed by atoms with E-state index < -0.39 is 0 Å². The fourth-order valence-electron chi connectivity index (χ4n) is 2.75. The van der Waals surface area contributed by atoms with E-state index in [0.717, 1.165) is 37.9 Å². The first-order chi connectivity index (χ1) is 7.67. The van der Waals surface area contributed by atoms with Crippen molar-refractivity contribution < 1.29 is 0 Å². The molecule has 0 radical (unpaired) electrons. The second-order valence-corrected chi connectivity index (χ2v) is 5.39. The largest absolute Gasteiger partial charge is 0.334 e. The number of nitrogens with zero attached hydrogens (tertiary/aromatic N) is 3. The number of rotatable bonds is 4. The summed E-state index contributed by atoms with van der Waals surface area (Å²) in [7, 11) is 0. The maximum Gasteiger partial charge on any atom is 0.105 e. The Morgan fingerprint density at radius 3 is 2.75 bits per heavy atom. The number of aryl methyl sites for hydroxylation is 1. The Bertz CT molecular complexity index is 374. The van der Waals surface area contributed by atoms with Crippen molar-refractivity contribution in [3.63, 3.8) is 0 Å². The first kappa shape index (κ1) is 10.3. The summed E-state index contributed by atoms with van der Waals surface area (Å²) in [5.41, 5.74) is 6.47. The number of imidazole rings is 1. The highest BCUT2D eigenvalue weighted by atomic mass is 15.3. The summed E-state index contributed by atoms with van der Waals surface area (Å²) >= 11 is 0. The van der Waals surface area contributed by atoms with Crippen LogP contribution in [-0.2, 0) is 6.54 Å². The molecule has 88 valence electrons. The van der Waals surface area contributed by atoms with Crippen molar-refractivity contribution in [1.82, 2.24) is 14.5 Å². The molecule has 0 bridgehead atoms. The third kappa shape index (κ3) is 1.76. The van der Waals surface area contributed by atoms with Gasteiger partial charge in [0.05, 0.1) is 0 Å². The number of likely N-dealkylation sites (tertiary alicyclic amines) is 1. The molecule has 0 amide bonds. The minimum atomic E-state index is 0.157. The van der Waals surface area contributed by atoms with Gasteiger partial charge in [-0.05, 0) is 25.7 Å². The van der Waals surface area contributed by atoms with Crippen molar-refractivity contribution >= 4 is 0 Å². The zero-order valence-electron chi connectivity index (χ0n) is 9.89. The Kier molecular flexibility index (Phi) is 2.30. The normalized spacial score (nSPS) is 24.4. The molecule has 2 fully saturated rings. The molecule has 2 N–H and O–H groups in total. The van der Waals surface area contributed by atoms with E-state index in [1.165, 1.54) is 12.8 Å². The molecule has 4 heteroatoms. The van der Waals surface area contributed by atoms with Crippen LogP contribution < -0.4 is 5.73 Å². The molecule has 2 aliphatic rings. The summed E-state index contributed by atoms with van der Waals surface area (Å²) in [4.78, 5) is 6.68. The van der Waals surface area contributed by atoms with Gasteiger partial charge in [-0.3, -0.25) is 4.90 Å². The molecular formula is C12H20N4. The molecule has 0 unspecified atom stereocenters. The summed E-state index contributed by atoms with van der Waals surface area (Å²) in [6, 6.07) is 0. The van der Waals surface area contributed by atoms with E-state index in [2.05, 4.69) is 14.5 Å². The van der Waals surface area contributed by atoms with Crippen LogP contribution in [-0.4, -0.2) is 39.6 Å². The predicted octanol–water partition coefficient (Wildman–Crippen LogP) is 0.615. The Hall–Kier alpha value is -0.870. The van der Waals surface area contributed by atoms with Crippen molar-refractivity contribution in [1.29, 1.82) is 0 Å². The molecule has 1 saturated carbocycles. The van der Waals surface area contributed by atoms with Crippen molar-refractivity contribution in [2.24, 2.45) is 11.7 Å². The van der Waals surface area contributed by atoms with Crippen LogP contribution in [0.25, 0.3) is 0 Å². The van der Waals surface area contributed by atoms with Crippen molar-refractivity contribution in [3.8, 4) is 0 Å². The number of hydrogen-bond donors (Lipinski definition) is 1. The van der Waals surface area contributed by atoms with Crippen LogP contribution >= 0.6 is 0 Å². The average molecular weight is 220 g/mol. The van der Waals surface area contributed by atoms with Crippen LogP contribution in [0.4, 0.5) is 0 Å². The highest BCUT2D eigenvalue weighted by Crippen LogP contribution is 2.42. The van der Waals surface area contributed by atoms with E-state index in [0.29, 0.717) is 0 Å². The smallest absolute Gasteiger partial charge is 0.105 e. The number of nitrogens with two attached hydrogens (primary N) is 1. The predicted molar refractivity (Wildman–Crippen MR) is 63.0 cm³/mol. The van der Waals surface area contributed by atoms with Gasteiger partial charge in [0.1, 0.15) is 5.82 Å². The van der Waals surface area contributed by atoms with Crippen LogP contribution in [0.1, 0.15) is 18.7 Å². The molecule has 0 atom stereocenters. The van der Waals surface area contributed by atoms with E-state index in [1.54, 1.807) is 0 Å². The zero-order valence-corrected chi connectivity index (χ0v) is 9.89. The lowest BCUT2D eigenvalue weighted by molar-refractivity contribution is 0.0517. The van der Waals surface area contributed by atoms with Crippen molar-refractivity contribution in [3.05, 3.63) is 18.2 Å². The second kappa shape index (κ2) is 3.57. The molecule has 4 nitrogen and oxygen atoms in total. The van der Waals surface area contributed by atoms with E-state index in [4.69, 9.17) is 5.73 Å². The van der Waals surface area contributed by atoms with Crippen LogP contribution in [0.3, 0.4) is 0 Å². The summed E-state index contributed by atoms with van der Waals surface area (Å²) in [5, 5.41) is 0. The number of hydrogen-bond acceptors (Lipinski definition) is 3. The van der Waals surface area contributed by atoms with Crippen LogP contribution in [0.5, 0.6) is 0 Å². The third-order valence-electron chi connectivity index (χ3n) is 4.01. The molecule has 3 rings (SSSR count). The summed E-state index contributed by atoms with van der Waals surface area (Å²) in [6.45, 7) is 6.36.